The van der Waals surface area contributed by atoms with Crippen molar-refractivity contribution in [3.05, 3.63) is 35.9 Å². The summed E-state index contributed by atoms with van der Waals surface area (Å²) in [6.45, 7) is 0.447. The number of rotatable bonds is 7. The molecule has 1 aliphatic heterocycles. The number of nitrogens with zero attached hydrogens (tertiary/aromatic N) is 1. The molecule has 138 valence electrons. The molecule has 1 aliphatic rings. The standard InChI is InChI=1S/C18H22N4O4/c19-10-15(9-14-7-4-8-20-17(14)24)22-16(23)11-21-18(25)26-12-13-5-2-1-3-6-13/h1-3,5-6,14-15H,4,7-9,11-12H2,(H,20,24)(H,21,25)(H,22,23). The molecule has 3 amide bonds. The van der Waals surface area contributed by atoms with Gasteiger partial charge in [0.05, 0.1) is 6.07 Å². The summed E-state index contributed by atoms with van der Waals surface area (Å²) in [6.07, 6.45) is 1.09. The van der Waals surface area contributed by atoms with Crippen LogP contribution in [0.4, 0.5) is 4.79 Å². The monoisotopic (exact) mass is 358 g/mol. The molecule has 8 nitrogen and oxygen atoms in total. The molecule has 0 spiro atoms. The third-order valence-electron chi connectivity index (χ3n) is 4.02. The van der Waals surface area contributed by atoms with E-state index < -0.39 is 18.0 Å². The molecule has 0 radical (unpaired) electrons. The third kappa shape index (κ3) is 6.43. The number of carbonyl (C=O) groups excluding carboxylic acids is 3. The summed E-state index contributed by atoms with van der Waals surface area (Å²) in [4.78, 5) is 35.2. The van der Waals surface area contributed by atoms with Crippen molar-refractivity contribution < 1.29 is 19.1 Å². The maximum absolute atomic E-state index is 11.9. The predicted octanol–water partition coefficient (Wildman–Crippen LogP) is 0.837. The second-order valence-corrected chi connectivity index (χ2v) is 6.03. The van der Waals surface area contributed by atoms with Crippen LogP contribution in [0, 0.1) is 17.2 Å². The van der Waals surface area contributed by atoms with E-state index in [0.717, 1.165) is 12.0 Å². The first-order valence-corrected chi connectivity index (χ1v) is 8.49. The fraction of sp³-hybridized carbons (Fsp3) is 0.444. The lowest BCUT2D eigenvalue weighted by molar-refractivity contribution is -0.127. The Kier molecular flexibility index (Phi) is 7.43. The summed E-state index contributed by atoms with van der Waals surface area (Å²) in [5, 5.41) is 16.8. The van der Waals surface area contributed by atoms with E-state index in [2.05, 4.69) is 16.0 Å². The van der Waals surface area contributed by atoms with Gasteiger partial charge in [-0.1, -0.05) is 30.3 Å². The van der Waals surface area contributed by atoms with Crippen LogP contribution in [-0.4, -0.2) is 37.0 Å². The van der Waals surface area contributed by atoms with Crippen molar-refractivity contribution in [1.29, 1.82) is 5.26 Å². The van der Waals surface area contributed by atoms with Gasteiger partial charge in [-0.2, -0.15) is 5.26 Å². The average molecular weight is 358 g/mol. The number of alkyl carbamates (subject to hydrolysis) is 1. The van der Waals surface area contributed by atoms with E-state index in [0.29, 0.717) is 13.0 Å². The van der Waals surface area contributed by atoms with E-state index in [1.807, 2.05) is 36.4 Å². The van der Waals surface area contributed by atoms with E-state index in [1.165, 1.54) is 0 Å². The van der Waals surface area contributed by atoms with Gasteiger partial charge in [0, 0.05) is 12.5 Å². The van der Waals surface area contributed by atoms with Crippen molar-refractivity contribution in [3.8, 4) is 6.07 Å². The van der Waals surface area contributed by atoms with Gasteiger partial charge in [0.1, 0.15) is 19.2 Å². The predicted molar refractivity (Wildman–Crippen MR) is 92.5 cm³/mol. The lowest BCUT2D eigenvalue weighted by Gasteiger charge is -2.23. The topological polar surface area (TPSA) is 120 Å². The fourth-order valence-corrected chi connectivity index (χ4v) is 2.66. The zero-order valence-corrected chi connectivity index (χ0v) is 14.4. The Morgan fingerprint density at radius 1 is 1.35 bits per heavy atom. The highest BCUT2D eigenvalue weighted by atomic mass is 16.5. The van der Waals surface area contributed by atoms with Gasteiger partial charge < -0.3 is 20.7 Å². The van der Waals surface area contributed by atoms with Crippen molar-refractivity contribution in [2.45, 2.75) is 31.9 Å². The Balaban J connectivity index is 1.68. The van der Waals surface area contributed by atoms with Gasteiger partial charge in [-0.05, 0) is 24.8 Å². The highest BCUT2D eigenvalue weighted by molar-refractivity contribution is 5.83. The number of nitriles is 1. The van der Waals surface area contributed by atoms with Gasteiger partial charge in [0.2, 0.25) is 11.8 Å². The molecule has 0 bridgehead atoms. The number of amides is 3. The lowest BCUT2D eigenvalue weighted by atomic mass is 9.92. The van der Waals surface area contributed by atoms with Gasteiger partial charge >= 0.3 is 6.09 Å². The minimum Gasteiger partial charge on any atom is -0.445 e. The van der Waals surface area contributed by atoms with Crippen molar-refractivity contribution in [2.75, 3.05) is 13.1 Å². The van der Waals surface area contributed by atoms with Crippen LogP contribution in [0.1, 0.15) is 24.8 Å². The number of nitrogens with one attached hydrogen (secondary N) is 3. The maximum atomic E-state index is 11.9. The molecule has 0 aromatic heterocycles. The van der Waals surface area contributed by atoms with Crippen molar-refractivity contribution in [1.82, 2.24) is 16.0 Å². The molecule has 1 saturated heterocycles. The zero-order chi connectivity index (χ0) is 18.8. The Labute approximate surface area is 151 Å². The first kappa shape index (κ1) is 19.2. The molecule has 1 fully saturated rings. The van der Waals surface area contributed by atoms with Gasteiger partial charge in [-0.25, -0.2) is 4.79 Å². The summed E-state index contributed by atoms with van der Waals surface area (Å²) in [6, 6.07) is 10.4. The van der Waals surface area contributed by atoms with E-state index in [9.17, 15) is 19.6 Å². The number of piperidine rings is 1. The quantitative estimate of drug-likeness (QED) is 0.667. The molecule has 26 heavy (non-hydrogen) atoms. The third-order valence-corrected chi connectivity index (χ3v) is 4.02. The van der Waals surface area contributed by atoms with Crippen LogP contribution in [-0.2, 0) is 20.9 Å². The number of benzene rings is 1. The zero-order valence-electron chi connectivity index (χ0n) is 14.4. The van der Waals surface area contributed by atoms with E-state index in [4.69, 9.17) is 4.74 Å². The SMILES string of the molecule is N#CC(CC1CCCNC1=O)NC(=O)CNC(=O)OCc1ccccc1. The van der Waals surface area contributed by atoms with Crippen molar-refractivity contribution >= 4 is 17.9 Å². The molecule has 2 atom stereocenters. The molecule has 8 heteroatoms. The molecule has 2 rings (SSSR count). The smallest absolute Gasteiger partial charge is 0.407 e. The summed E-state index contributed by atoms with van der Waals surface area (Å²) >= 11 is 0. The Bertz CT molecular complexity index is 672. The summed E-state index contributed by atoms with van der Waals surface area (Å²) in [5.41, 5.74) is 0.836. The first-order valence-electron chi connectivity index (χ1n) is 8.49. The highest BCUT2D eigenvalue weighted by Crippen LogP contribution is 2.17. The van der Waals surface area contributed by atoms with Crippen LogP contribution in [0.5, 0.6) is 0 Å². The van der Waals surface area contributed by atoms with Gasteiger partial charge in [0.25, 0.3) is 0 Å². The second kappa shape index (κ2) is 10.0. The molecule has 3 N–H and O–H groups in total. The number of ether oxygens (including phenoxy) is 1. The molecule has 0 aliphatic carbocycles. The molecular weight excluding hydrogens is 336 g/mol. The fourth-order valence-electron chi connectivity index (χ4n) is 2.66. The number of carbonyl (C=O) groups is 3. The molecule has 1 aromatic rings. The van der Waals surface area contributed by atoms with Crippen LogP contribution in [0.25, 0.3) is 0 Å². The Hall–Kier alpha value is -3.08. The van der Waals surface area contributed by atoms with E-state index in [1.54, 1.807) is 0 Å². The molecular formula is C18H22N4O4. The van der Waals surface area contributed by atoms with E-state index in [-0.39, 0.29) is 31.4 Å². The highest BCUT2D eigenvalue weighted by Gasteiger charge is 2.26. The Morgan fingerprint density at radius 3 is 2.81 bits per heavy atom. The van der Waals surface area contributed by atoms with Crippen molar-refractivity contribution in [2.24, 2.45) is 5.92 Å². The second-order valence-electron chi connectivity index (χ2n) is 6.03. The molecule has 0 saturated carbocycles. The normalized spacial score (nSPS) is 17.3. The van der Waals surface area contributed by atoms with Crippen LogP contribution in [0.15, 0.2) is 30.3 Å². The minimum absolute atomic E-state index is 0.0895. The maximum Gasteiger partial charge on any atom is 0.407 e. The lowest BCUT2D eigenvalue weighted by Crippen LogP contribution is -2.44. The van der Waals surface area contributed by atoms with Crippen molar-refractivity contribution in [3.63, 3.8) is 0 Å². The van der Waals surface area contributed by atoms with E-state index >= 15 is 0 Å². The number of hydrogen-bond donors (Lipinski definition) is 3. The molecule has 1 aromatic carbocycles. The largest absolute Gasteiger partial charge is 0.445 e. The van der Waals surface area contributed by atoms with Crippen LogP contribution in [0.3, 0.4) is 0 Å². The summed E-state index contributed by atoms with van der Waals surface area (Å²) in [5.74, 6) is -0.879. The van der Waals surface area contributed by atoms with Crippen LogP contribution >= 0.6 is 0 Å². The Morgan fingerprint density at radius 2 is 2.12 bits per heavy atom. The molecule has 2 unspecified atom stereocenters. The number of hydrogen-bond acceptors (Lipinski definition) is 5. The van der Waals surface area contributed by atoms with Crippen LogP contribution < -0.4 is 16.0 Å². The van der Waals surface area contributed by atoms with Crippen LogP contribution in [0.2, 0.25) is 0 Å². The van der Waals surface area contributed by atoms with Gasteiger partial charge in [0.15, 0.2) is 0 Å². The first-order chi connectivity index (χ1) is 12.6. The van der Waals surface area contributed by atoms with Gasteiger partial charge in [-0.3, -0.25) is 9.59 Å². The summed E-state index contributed by atoms with van der Waals surface area (Å²) < 4.78 is 5.00. The minimum atomic E-state index is -0.779. The molecule has 1 heterocycles. The van der Waals surface area contributed by atoms with Gasteiger partial charge in [-0.15, -0.1) is 0 Å². The summed E-state index contributed by atoms with van der Waals surface area (Å²) in [7, 11) is 0. The average Bonchev–Trinajstić information content (AvgIpc) is 2.66.